The van der Waals surface area contributed by atoms with Gasteiger partial charge >= 0.3 is 5.97 Å². The molecule has 0 radical (unpaired) electrons. The fourth-order valence-corrected chi connectivity index (χ4v) is 4.27. The quantitative estimate of drug-likeness (QED) is 0.171. The fraction of sp³-hybridized carbons (Fsp3) is 0.120. The van der Waals surface area contributed by atoms with Crippen LogP contribution in [-0.4, -0.2) is 18.5 Å². The zero-order chi connectivity index (χ0) is 23.4. The van der Waals surface area contributed by atoms with Gasteiger partial charge in [0.25, 0.3) is 0 Å². The molecule has 1 aliphatic heterocycles. The molecule has 8 heteroatoms. The van der Waals surface area contributed by atoms with Crippen LogP contribution in [0.3, 0.4) is 0 Å². The standard InChI is InChI=1S/C25H18BrFINO4/c1-2-31-22-12-15(10-19(26)23(22)32-14-17-6-3-4-9-20(17)28)11-21-25(30)33-24(29-21)16-7-5-8-18(27)13-16/h3-13H,2,14H2,1H3/b21-11-. The van der Waals surface area contributed by atoms with Crippen molar-refractivity contribution in [1.29, 1.82) is 0 Å². The Hall–Kier alpha value is -2.72. The molecule has 0 spiro atoms. The molecule has 0 aromatic heterocycles. The van der Waals surface area contributed by atoms with Crippen LogP contribution >= 0.6 is 38.5 Å². The summed E-state index contributed by atoms with van der Waals surface area (Å²) < 4.78 is 32.4. The summed E-state index contributed by atoms with van der Waals surface area (Å²) in [6.45, 7) is 2.70. The summed E-state index contributed by atoms with van der Waals surface area (Å²) in [6, 6.07) is 17.3. The molecule has 3 aromatic carbocycles. The SMILES string of the molecule is CCOc1cc(/C=C2\N=C(c3cccc(F)c3)OC2=O)cc(Br)c1OCc1ccccc1I. The van der Waals surface area contributed by atoms with Gasteiger partial charge in [-0.3, -0.25) is 0 Å². The topological polar surface area (TPSA) is 57.1 Å². The summed E-state index contributed by atoms with van der Waals surface area (Å²) in [7, 11) is 0. The number of benzene rings is 3. The minimum Gasteiger partial charge on any atom is -0.490 e. The molecular formula is C25H18BrFINO4. The minimum atomic E-state index is -0.609. The summed E-state index contributed by atoms with van der Waals surface area (Å²) in [5.41, 5.74) is 2.23. The molecule has 1 aliphatic rings. The van der Waals surface area contributed by atoms with Crippen molar-refractivity contribution < 1.29 is 23.4 Å². The third-order valence-electron chi connectivity index (χ3n) is 4.66. The van der Waals surface area contributed by atoms with Crippen molar-refractivity contribution >= 4 is 56.5 Å². The average Bonchev–Trinajstić information content (AvgIpc) is 3.15. The maximum Gasteiger partial charge on any atom is 0.363 e. The van der Waals surface area contributed by atoms with Crippen LogP contribution in [0.1, 0.15) is 23.6 Å². The first kappa shape index (κ1) is 23.4. The van der Waals surface area contributed by atoms with E-state index in [1.165, 1.54) is 18.2 Å². The van der Waals surface area contributed by atoms with Crippen LogP contribution in [0.4, 0.5) is 4.39 Å². The zero-order valence-corrected chi connectivity index (χ0v) is 21.2. The highest BCUT2D eigenvalue weighted by Gasteiger charge is 2.25. The molecular weight excluding hydrogens is 604 g/mol. The summed E-state index contributed by atoms with van der Waals surface area (Å²) in [5.74, 6) is 0.117. The van der Waals surface area contributed by atoms with Crippen LogP contribution in [-0.2, 0) is 16.1 Å². The Morgan fingerprint density at radius 1 is 1.12 bits per heavy atom. The molecule has 3 aromatic rings. The smallest absolute Gasteiger partial charge is 0.363 e. The first-order valence-electron chi connectivity index (χ1n) is 10.1. The highest BCUT2D eigenvalue weighted by Crippen LogP contribution is 2.38. The Bertz CT molecular complexity index is 1280. The zero-order valence-electron chi connectivity index (χ0n) is 17.5. The Morgan fingerprint density at radius 2 is 1.94 bits per heavy atom. The monoisotopic (exact) mass is 621 g/mol. The number of carbonyl (C=O) groups excluding carboxylic acids is 1. The molecule has 168 valence electrons. The number of hydrogen-bond acceptors (Lipinski definition) is 5. The predicted octanol–water partition coefficient (Wildman–Crippen LogP) is 6.52. The second-order valence-corrected chi connectivity index (χ2v) is 9.01. The lowest BCUT2D eigenvalue weighted by Gasteiger charge is -2.15. The average molecular weight is 622 g/mol. The van der Waals surface area contributed by atoms with Gasteiger partial charge in [0.15, 0.2) is 17.2 Å². The number of halogens is 3. The van der Waals surface area contributed by atoms with E-state index in [9.17, 15) is 9.18 Å². The van der Waals surface area contributed by atoms with Gasteiger partial charge in [0.1, 0.15) is 12.4 Å². The van der Waals surface area contributed by atoms with Crippen molar-refractivity contribution in [1.82, 2.24) is 0 Å². The molecule has 0 N–H and O–H groups in total. The Kier molecular flexibility index (Phi) is 7.44. The van der Waals surface area contributed by atoms with Gasteiger partial charge in [-0.1, -0.05) is 24.3 Å². The molecule has 0 saturated carbocycles. The largest absolute Gasteiger partial charge is 0.490 e. The first-order chi connectivity index (χ1) is 15.9. The van der Waals surface area contributed by atoms with Gasteiger partial charge in [0.2, 0.25) is 5.90 Å². The maximum absolute atomic E-state index is 13.5. The van der Waals surface area contributed by atoms with E-state index >= 15 is 0 Å². The van der Waals surface area contributed by atoms with Crippen LogP contribution < -0.4 is 9.47 Å². The van der Waals surface area contributed by atoms with Crippen molar-refractivity contribution in [2.45, 2.75) is 13.5 Å². The molecule has 4 rings (SSSR count). The van der Waals surface area contributed by atoms with Gasteiger partial charge in [-0.25, -0.2) is 14.2 Å². The Labute approximate surface area is 212 Å². The van der Waals surface area contributed by atoms with E-state index in [1.807, 2.05) is 37.3 Å². The van der Waals surface area contributed by atoms with Crippen molar-refractivity contribution in [3.8, 4) is 11.5 Å². The highest BCUT2D eigenvalue weighted by atomic mass is 127. The molecule has 33 heavy (non-hydrogen) atoms. The summed E-state index contributed by atoms with van der Waals surface area (Å²) in [5, 5.41) is 0. The van der Waals surface area contributed by atoms with E-state index < -0.39 is 11.8 Å². The Morgan fingerprint density at radius 3 is 2.70 bits per heavy atom. The highest BCUT2D eigenvalue weighted by molar-refractivity contribution is 14.1. The van der Waals surface area contributed by atoms with Gasteiger partial charge in [-0.05, 0) is 93.5 Å². The van der Waals surface area contributed by atoms with Gasteiger partial charge in [0.05, 0.1) is 11.1 Å². The van der Waals surface area contributed by atoms with Crippen molar-refractivity contribution in [3.05, 3.63) is 96.9 Å². The molecule has 0 amide bonds. The lowest BCUT2D eigenvalue weighted by atomic mass is 10.1. The lowest BCUT2D eigenvalue weighted by molar-refractivity contribution is -0.129. The van der Waals surface area contributed by atoms with Crippen molar-refractivity contribution in [2.24, 2.45) is 4.99 Å². The van der Waals surface area contributed by atoms with E-state index in [0.717, 1.165) is 9.13 Å². The summed E-state index contributed by atoms with van der Waals surface area (Å²) >= 11 is 5.82. The van der Waals surface area contributed by atoms with E-state index in [4.69, 9.17) is 14.2 Å². The number of ether oxygens (including phenoxy) is 3. The Balaban J connectivity index is 1.62. The summed E-state index contributed by atoms with van der Waals surface area (Å²) in [6.07, 6.45) is 1.59. The van der Waals surface area contributed by atoms with Crippen LogP contribution in [0.15, 0.2) is 75.8 Å². The second-order valence-electron chi connectivity index (χ2n) is 6.99. The molecule has 1 heterocycles. The molecule has 0 atom stereocenters. The maximum atomic E-state index is 13.5. The van der Waals surface area contributed by atoms with Gasteiger partial charge < -0.3 is 14.2 Å². The molecule has 0 saturated heterocycles. The third-order valence-corrected chi connectivity index (χ3v) is 6.30. The number of hydrogen-bond donors (Lipinski definition) is 0. The molecule has 5 nitrogen and oxygen atoms in total. The van der Waals surface area contributed by atoms with Crippen LogP contribution in [0, 0.1) is 9.39 Å². The van der Waals surface area contributed by atoms with Crippen LogP contribution in [0.5, 0.6) is 11.5 Å². The van der Waals surface area contributed by atoms with Crippen molar-refractivity contribution in [2.75, 3.05) is 6.61 Å². The van der Waals surface area contributed by atoms with E-state index in [2.05, 4.69) is 43.5 Å². The van der Waals surface area contributed by atoms with Gasteiger partial charge in [-0.2, -0.15) is 0 Å². The minimum absolute atomic E-state index is 0.0623. The number of cyclic esters (lactones) is 1. The second kappa shape index (κ2) is 10.5. The lowest BCUT2D eigenvalue weighted by Crippen LogP contribution is -2.05. The van der Waals surface area contributed by atoms with Crippen molar-refractivity contribution in [3.63, 3.8) is 0 Å². The first-order valence-corrected chi connectivity index (χ1v) is 11.9. The molecule has 0 bridgehead atoms. The number of esters is 1. The van der Waals surface area contributed by atoms with Crippen LogP contribution in [0.25, 0.3) is 6.08 Å². The number of carbonyl (C=O) groups is 1. The van der Waals surface area contributed by atoms with Crippen LogP contribution in [0.2, 0.25) is 0 Å². The van der Waals surface area contributed by atoms with Gasteiger partial charge in [0, 0.05) is 14.7 Å². The number of rotatable bonds is 7. The van der Waals surface area contributed by atoms with E-state index in [-0.39, 0.29) is 11.6 Å². The third kappa shape index (κ3) is 5.62. The molecule has 0 unspecified atom stereocenters. The predicted molar refractivity (Wildman–Crippen MR) is 136 cm³/mol. The van der Waals surface area contributed by atoms with E-state index in [1.54, 1.807) is 18.2 Å². The normalized spacial score (nSPS) is 14.2. The number of aliphatic imine (C=N–C) groups is 1. The molecule has 0 aliphatic carbocycles. The fourth-order valence-electron chi connectivity index (χ4n) is 3.15. The molecule has 0 fully saturated rings. The van der Waals surface area contributed by atoms with Gasteiger partial charge in [-0.15, -0.1) is 0 Å². The summed E-state index contributed by atoms with van der Waals surface area (Å²) in [4.78, 5) is 16.6. The number of nitrogens with zero attached hydrogens (tertiary/aromatic N) is 1. The van der Waals surface area contributed by atoms with E-state index in [0.29, 0.717) is 40.3 Å².